The molecule has 3 N–H and O–H groups in total. The number of rotatable bonds is 7. The van der Waals surface area contributed by atoms with E-state index in [0.29, 0.717) is 22.1 Å². The Kier molecular flexibility index (Phi) is 7.31. The molecule has 0 atom stereocenters. The highest BCUT2D eigenvalue weighted by Gasteiger charge is 2.12. The Bertz CT molecular complexity index is 1070. The van der Waals surface area contributed by atoms with Crippen LogP contribution < -0.4 is 16.0 Å². The van der Waals surface area contributed by atoms with Gasteiger partial charge in [0, 0.05) is 21.1 Å². The Morgan fingerprint density at radius 3 is 2.53 bits per heavy atom. The van der Waals surface area contributed by atoms with E-state index in [2.05, 4.69) is 36.9 Å². The third kappa shape index (κ3) is 6.23. The van der Waals surface area contributed by atoms with Crippen LogP contribution in [0.1, 0.15) is 21.6 Å². The number of aromatic nitrogens is 1. The molecule has 3 aromatic rings. The van der Waals surface area contributed by atoms with Crippen molar-refractivity contribution in [2.24, 2.45) is 0 Å². The molecular formula is C21H19BrN4O3S. The number of amides is 3. The summed E-state index contributed by atoms with van der Waals surface area (Å²) in [5.41, 5.74) is 2.65. The van der Waals surface area contributed by atoms with Crippen molar-refractivity contribution in [1.29, 1.82) is 0 Å². The average Bonchev–Trinajstić information content (AvgIpc) is 3.16. The van der Waals surface area contributed by atoms with Gasteiger partial charge in [-0.2, -0.15) is 0 Å². The molecule has 3 rings (SSSR count). The zero-order valence-electron chi connectivity index (χ0n) is 16.1. The van der Waals surface area contributed by atoms with E-state index in [1.165, 1.54) is 11.3 Å². The number of aryl methyl sites for hydroxylation is 1. The number of carbonyl (C=O) groups is 3. The Hall–Kier alpha value is -3.04. The van der Waals surface area contributed by atoms with Gasteiger partial charge in [0.15, 0.2) is 5.13 Å². The molecule has 0 radical (unpaired) electrons. The number of carbonyl (C=O) groups excluding carboxylic acids is 3. The third-order valence-electron chi connectivity index (χ3n) is 4.06. The van der Waals surface area contributed by atoms with Gasteiger partial charge in [-0.15, -0.1) is 11.3 Å². The van der Waals surface area contributed by atoms with Crippen molar-refractivity contribution in [3.8, 4) is 0 Å². The highest BCUT2D eigenvalue weighted by molar-refractivity contribution is 9.10. The Labute approximate surface area is 186 Å². The molecule has 9 heteroatoms. The summed E-state index contributed by atoms with van der Waals surface area (Å²) in [4.78, 5) is 40.6. The SMILES string of the molecule is Cc1cc(Br)ccc1NC(=O)CNC(=O)Cc1csc(NC(=O)c2ccccc2)n1. The molecule has 0 unspecified atom stereocenters. The summed E-state index contributed by atoms with van der Waals surface area (Å²) >= 11 is 4.61. The minimum atomic E-state index is -0.330. The largest absolute Gasteiger partial charge is 0.347 e. The number of thiazole rings is 1. The van der Waals surface area contributed by atoms with Crippen LogP contribution in [0.15, 0.2) is 58.4 Å². The molecule has 0 saturated carbocycles. The third-order valence-corrected chi connectivity index (χ3v) is 5.36. The van der Waals surface area contributed by atoms with Crippen LogP contribution in [-0.2, 0) is 16.0 Å². The van der Waals surface area contributed by atoms with Crippen molar-refractivity contribution in [1.82, 2.24) is 10.3 Å². The molecule has 0 aliphatic heterocycles. The predicted octanol–water partition coefficient (Wildman–Crippen LogP) is 3.76. The fraction of sp³-hybridized carbons (Fsp3) is 0.143. The molecule has 0 aliphatic carbocycles. The van der Waals surface area contributed by atoms with Crippen molar-refractivity contribution in [3.05, 3.63) is 75.2 Å². The average molecular weight is 487 g/mol. The minimum Gasteiger partial charge on any atom is -0.347 e. The van der Waals surface area contributed by atoms with E-state index < -0.39 is 0 Å². The first-order valence-corrected chi connectivity index (χ1v) is 10.7. The summed E-state index contributed by atoms with van der Waals surface area (Å²) in [6.07, 6.45) is 0.0162. The lowest BCUT2D eigenvalue weighted by molar-refractivity contribution is -0.123. The zero-order valence-corrected chi connectivity index (χ0v) is 18.5. The van der Waals surface area contributed by atoms with Gasteiger partial charge in [-0.25, -0.2) is 4.98 Å². The predicted molar refractivity (Wildman–Crippen MR) is 121 cm³/mol. The minimum absolute atomic E-state index is 0.0162. The van der Waals surface area contributed by atoms with E-state index in [1.54, 1.807) is 35.7 Å². The van der Waals surface area contributed by atoms with E-state index in [4.69, 9.17) is 0 Å². The van der Waals surface area contributed by atoms with E-state index in [9.17, 15) is 14.4 Å². The van der Waals surface area contributed by atoms with Crippen molar-refractivity contribution < 1.29 is 14.4 Å². The lowest BCUT2D eigenvalue weighted by Gasteiger charge is -2.09. The smallest absolute Gasteiger partial charge is 0.257 e. The van der Waals surface area contributed by atoms with Crippen LogP contribution >= 0.6 is 27.3 Å². The number of anilines is 2. The van der Waals surface area contributed by atoms with Gasteiger partial charge in [0.05, 0.1) is 18.7 Å². The summed E-state index contributed by atoms with van der Waals surface area (Å²) in [5.74, 6) is -0.910. The first-order valence-electron chi connectivity index (χ1n) is 9.04. The zero-order chi connectivity index (χ0) is 21.5. The maximum absolute atomic E-state index is 12.1. The van der Waals surface area contributed by atoms with Gasteiger partial charge in [-0.1, -0.05) is 34.1 Å². The molecule has 7 nitrogen and oxygen atoms in total. The van der Waals surface area contributed by atoms with Crippen molar-refractivity contribution in [3.63, 3.8) is 0 Å². The van der Waals surface area contributed by atoms with Crippen molar-refractivity contribution in [2.75, 3.05) is 17.2 Å². The Balaban J connectivity index is 1.46. The molecule has 0 fully saturated rings. The Morgan fingerprint density at radius 1 is 1.03 bits per heavy atom. The highest BCUT2D eigenvalue weighted by atomic mass is 79.9. The fourth-order valence-corrected chi connectivity index (χ4v) is 3.75. The molecule has 1 aromatic heterocycles. The molecule has 154 valence electrons. The van der Waals surface area contributed by atoms with Crippen LogP contribution in [0.5, 0.6) is 0 Å². The van der Waals surface area contributed by atoms with Crippen LogP contribution in [0, 0.1) is 6.92 Å². The normalized spacial score (nSPS) is 10.3. The molecule has 0 saturated heterocycles. The number of halogens is 1. The molecule has 3 amide bonds. The van der Waals surface area contributed by atoms with Gasteiger partial charge < -0.3 is 10.6 Å². The van der Waals surface area contributed by atoms with E-state index in [0.717, 1.165) is 10.0 Å². The van der Waals surface area contributed by atoms with Gasteiger partial charge in [-0.3, -0.25) is 19.7 Å². The van der Waals surface area contributed by atoms with Crippen LogP contribution in [0.2, 0.25) is 0 Å². The molecule has 30 heavy (non-hydrogen) atoms. The second-order valence-electron chi connectivity index (χ2n) is 6.43. The van der Waals surface area contributed by atoms with Crippen LogP contribution in [0.4, 0.5) is 10.8 Å². The number of hydrogen-bond acceptors (Lipinski definition) is 5. The van der Waals surface area contributed by atoms with Crippen molar-refractivity contribution >= 4 is 55.8 Å². The van der Waals surface area contributed by atoms with Gasteiger partial charge in [0.1, 0.15) is 0 Å². The fourth-order valence-electron chi connectivity index (χ4n) is 2.57. The standard InChI is InChI=1S/C21H19BrN4O3S/c1-13-9-15(22)7-8-17(13)25-19(28)11-23-18(27)10-16-12-30-21(24-16)26-20(29)14-5-3-2-4-6-14/h2-9,12H,10-11H2,1H3,(H,23,27)(H,25,28)(H,24,26,29). The molecule has 0 aliphatic rings. The van der Waals surface area contributed by atoms with Gasteiger partial charge in [0.2, 0.25) is 11.8 Å². The monoisotopic (exact) mass is 486 g/mol. The van der Waals surface area contributed by atoms with Crippen LogP contribution in [-0.4, -0.2) is 29.3 Å². The lowest BCUT2D eigenvalue weighted by Crippen LogP contribution is -2.34. The second-order valence-corrected chi connectivity index (χ2v) is 8.20. The van der Waals surface area contributed by atoms with E-state index >= 15 is 0 Å². The summed E-state index contributed by atoms with van der Waals surface area (Å²) in [5, 5.41) is 10.2. The quantitative estimate of drug-likeness (QED) is 0.473. The van der Waals surface area contributed by atoms with E-state index in [-0.39, 0.29) is 30.7 Å². The Morgan fingerprint density at radius 2 is 1.80 bits per heavy atom. The number of benzene rings is 2. The van der Waals surface area contributed by atoms with Gasteiger partial charge >= 0.3 is 0 Å². The molecule has 0 bridgehead atoms. The molecule has 0 spiro atoms. The first-order chi connectivity index (χ1) is 14.4. The van der Waals surface area contributed by atoms with Gasteiger partial charge in [-0.05, 0) is 42.8 Å². The highest BCUT2D eigenvalue weighted by Crippen LogP contribution is 2.20. The number of nitrogens with zero attached hydrogens (tertiary/aromatic N) is 1. The molecule has 1 heterocycles. The first kappa shape index (κ1) is 21.7. The lowest BCUT2D eigenvalue weighted by atomic mass is 10.2. The maximum atomic E-state index is 12.1. The summed E-state index contributed by atoms with van der Waals surface area (Å²) in [6, 6.07) is 14.3. The van der Waals surface area contributed by atoms with Crippen LogP contribution in [0.3, 0.4) is 0 Å². The number of hydrogen-bond donors (Lipinski definition) is 3. The summed E-state index contributed by atoms with van der Waals surface area (Å²) < 4.78 is 0.925. The number of nitrogens with one attached hydrogen (secondary N) is 3. The van der Waals surface area contributed by atoms with Crippen molar-refractivity contribution in [2.45, 2.75) is 13.3 Å². The maximum Gasteiger partial charge on any atom is 0.257 e. The molecular weight excluding hydrogens is 468 g/mol. The molecule has 2 aromatic carbocycles. The van der Waals surface area contributed by atoms with Crippen LogP contribution in [0.25, 0.3) is 0 Å². The topological polar surface area (TPSA) is 100 Å². The summed E-state index contributed by atoms with van der Waals surface area (Å²) in [6.45, 7) is 1.74. The van der Waals surface area contributed by atoms with Gasteiger partial charge in [0.25, 0.3) is 5.91 Å². The second kappa shape index (κ2) is 10.1. The van der Waals surface area contributed by atoms with E-state index in [1.807, 2.05) is 25.1 Å². The summed E-state index contributed by atoms with van der Waals surface area (Å²) in [7, 11) is 0.